The molecule has 0 aromatic carbocycles. The summed E-state index contributed by atoms with van der Waals surface area (Å²) in [6.07, 6.45) is 2.24. The molecule has 0 spiro atoms. The molecule has 0 atom stereocenters. The summed E-state index contributed by atoms with van der Waals surface area (Å²) in [6.45, 7) is 0.712. The second-order valence-corrected chi connectivity index (χ2v) is 2.74. The summed E-state index contributed by atoms with van der Waals surface area (Å²) in [5.74, 6) is 1.48. The van der Waals surface area contributed by atoms with Crippen molar-refractivity contribution in [3.8, 4) is 0 Å². The van der Waals surface area contributed by atoms with Crippen molar-refractivity contribution < 1.29 is 0 Å². The molecule has 0 fully saturated rings. The highest BCUT2D eigenvalue weighted by Crippen LogP contribution is 1.95. The quantitative estimate of drug-likeness (QED) is 0.646. The van der Waals surface area contributed by atoms with E-state index in [1.54, 1.807) is 11.7 Å². The molecule has 0 aliphatic rings. The van der Waals surface area contributed by atoms with Gasteiger partial charge in [0.05, 0.1) is 0 Å². The number of tetrazole rings is 1. The molecule has 2 aromatic rings. The van der Waals surface area contributed by atoms with Gasteiger partial charge < -0.3 is 5.32 Å². The van der Waals surface area contributed by atoms with E-state index in [1.165, 1.54) is 6.33 Å². The minimum atomic E-state index is 0.643. The summed E-state index contributed by atoms with van der Waals surface area (Å²) in [4.78, 5) is 3.99. The normalized spacial score (nSPS) is 10.4. The van der Waals surface area contributed by atoms with Gasteiger partial charge in [-0.3, -0.25) is 5.10 Å². The molecule has 2 heterocycles. The van der Waals surface area contributed by atoms with Gasteiger partial charge in [0.2, 0.25) is 5.95 Å². The molecule has 0 aliphatic carbocycles. The maximum absolute atomic E-state index is 3.99. The zero-order valence-electron chi connectivity index (χ0n) is 7.67. The van der Waals surface area contributed by atoms with Gasteiger partial charge in [0.15, 0.2) is 0 Å². The van der Waals surface area contributed by atoms with E-state index in [0.29, 0.717) is 12.5 Å². The van der Waals surface area contributed by atoms with Crippen LogP contribution < -0.4 is 5.32 Å². The average Bonchev–Trinajstić information content (AvgIpc) is 2.78. The van der Waals surface area contributed by atoms with Crippen molar-refractivity contribution in [2.45, 2.75) is 6.42 Å². The van der Waals surface area contributed by atoms with Crippen LogP contribution in [0.4, 0.5) is 5.95 Å². The minimum absolute atomic E-state index is 0.643. The van der Waals surface area contributed by atoms with Crippen LogP contribution in [0.3, 0.4) is 0 Å². The Balaban J connectivity index is 1.81. The molecule has 0 saturated carbocycles. The van der Waals surface area contributed by atoms with Crippen molar-refractivity contribution in [3.05, 3.63) is 12.2 Å². The zero-order chi connectivity index (χ0) is 9.80. The molecule has 2 rings (SSSR count). The van der Waals surface area contributed by atoms with Crippen LogP contribution in [0.15, 0.2) is 6.33 Å². The maximum Gasteiger partial charge on any atom is 0.242 e. The Morgan fingerprint density at radius 2 is 2.50 bits per heavy atom. The maximum atomic E-state index is 3.99. The van der Waals surface area contributed by atoms with Gasteiger partial charge in [-0.25, -0.2) is 9.67 Å². The lowest BCUT2D eigenvalue weighted by molar-refractivity contribution is 0.711. The summed E-state index contributed by atoms with van der Waals surface area (Å²) in [7, 11) is 1.77. The fraction of sp³-hybridized carbons (Fsp3) is 0.500. The molecule has 0 saturated heterocycles. The van der Waals surface area contributed by atoms with Crippen LogP contribution in [0, 0.1) is 0 Å². The van der Waals surface area contributed by atoms with Crippen molar-refractivity contribution in [2.75, 3.05) is 11.9 Å². The Kier molecular flexibility index (Phi) is 2.34. The van der Waals surface area contributed by atoms with Crippen LogP contribution in [0.5, 0.6) is 0 Å². The van der Waals surface area contributed by atoms with E-state index in [9.17, 15) is 0 Å². The van der Waals surface area contributed by atoms with Crippen LogP contribution >= 0.6 is 0 Å². The third-order valence-electron chi connectivity index (χ3n) is 1.73. The topological polar surface area (TPSA) is 97.2 Å². The molecule has 2 N–H and O–H groups in total. The largest absolute Gasteiger partial charge is 0.353 e. The smallest absolute Gasteiger partial charge is 0.242 e. The highest BCUT2D eigenvalue weighted by molar-refractivity contribution is 5.20. The standard InChI is InChI=1S/C6H10N8/c1-14-6(11-12-13-14)7-3-2-5-8-4-9-10-5/h4H,2-3H2,1H3,(H,7,11,13)(H,8,9,10). The van der Waals surface area contributed by atoms with E-state index >= 15 is 0 Å². The number of anilines is 1. The lowest BCUT2D eigenvalue weighted by Crippen LogP contribution is -2.10. The Morgan fingerprint density at radius 1 is 1.57 bits per heavy atom. The first-order chi connectivity index (χ1) is 6.86. The number of hydrogen-bond acceptors (Lipinski definition) is 6. The van der Waals surface area contributed by atoms with E-state index in [4.69, 9.17) is 0 Å². The number of rotatable bonds is 4. The number of aromatic amines is 1. The van der Waals surface area contributed by atoms with Gasteiger partial charge >= 0.3 is 0 Å². The highest BCUT2D eigenvalue weighted by atomic mass is 15.6. The van der Waals surface area contributed by atoms with Crippen molar-refractivity contribution in [3.63, 3.8) is 0 Å². The summed E-state index contributed by atoms with van der Waals surface area (Å²) in [5, 5.41) is 20.6. The lowest BCUT2D eigenvalue weighted by Gasteiger charge is -2.00. The van der Waals surface area contributed by atoms with Gasteiger partial charge in [-0.1, -0.05) is 5.10 Å². The van der Waals surface area contributed by atoms with E-state index in [1.807, 2.05) is 0 Å². The Hall–Kier alpha value is -1.99. The number of aryl methyl sites for hydroxylation is 1. The predicted molar refractivity (Wildman–Crippen MR) is 47.4 cm³/mol. The molecule has 0 amide bonds. The fourth-order valence-corrected chi connectivity index (χ4v) is 1.02. The summed E-state index contributed by atoms with van der Waals surface area (Å²) in [5.41, 5.74) is 0. The SMILES string of the molecule is Cn1nnnc1NCCc1ncn[nH]1. The summed E-state index contributed by atoms with van der Waals surface area (Å²) in [6, 6.07) is 0. The molecule has 0 radical (unpaired) electrons. The number of nitrogens with one attached hydrogen (secondary N) is 2. The molecule has 8 nitrogen and oxygen atoms in total. The molecule has 0 bridgehead atoms. The first-order valence-electron chi connectivity index (χ1n) is 4.17. The first kappa shape index (κ1) is 8.60. The van der Waals surface area contributed by atoms with E-state index < -0.39 is 0 Å². The average molecular weight is 194 g/mol. The first-order valence-corrected chi connectivity index (χ1v) is 4.17. The molecule has 8 heteroatoms. The second kappa shape index (κ2) is 3.81. The Morgan fingerprint density at radius 3 is 3.14 bits per heavy atom. The number of H-pyrrole nitrogens is 1. The van der Waals surface area contributed by atoms with E-state index in [0.717, 1.165) is 12.2 Å². The van der Waals surface area contributed by atoms with E-state index in [2.05, 4.69) is 36.0 Å². The number of hydrogen-bond donors (Lipinski definition) is 2. The number of nitrogens with zero attached hydrogens (tertiary/aromatic N) is 6. The van der Waals surface area contributed by atoms with Gasteiger partial charge in [0, 0.05) is 20.0 Å². The molecule has 2 aromatic heterocycles. The number of aromatic nitrogens is 7. The summed E-state index contributed by atoms with van der Waals surface area (Å²) < 4.78 is 1.57. The molecule has 74 valence electrons. The highest BCUT2D eigenvalue weighted by Gasteiger charge is 2.00. The predicted octanol–water partition coefficient (Wildman–Crippen LogP) is -1.02. The van der Waals surface area contributed by atoms with Gasteiger partial charge in [-0.15, -0.1) is 0 Å². The van der Waals surface area contributed by atoms with Crippen LogP contribution in [0.25, 0.3) is 0 Å². The molecule has 0 unspecified atom stereocenters. The zero-order valence-corrected chi connectivity index (χ0v) is 7.67. The van der Waals surface area contributed by atoms with Gasteiger partial charge in [0.1, 0.15) is 12.2 Å². The molecule has 0 aliphatic heterocycles. The van der Waals surface area contributed by atoms with Gasteiger partial charge in [-0.2, -0.15) is 5.10 Å². The Bertz CT molecular complexity index is 376. The van der Waals surface area contributed by atoms with Crippen LogP contribution in [0.2, 0.25) is 0 Å². The van der Waals surface area contributed by atoms with E-state index in [-0.39, 0.29) is 0 Å². The van der Waals surface area contributed by atoms with Gasteiger partial charge in [-0.05, 0) is 10.4 Å². The Labute approximate surface area is 79.7 Å². The van der Waals surface area contributed by atoms with Crippen LogP contribution in [-0.2, 0) is 13.5 Å². The third-order valence-corrected chi connectivity index (χ3v) is 1.73. The third kappa shape index (κ3) is 1.84. The summed E-state index contributed by atoms with van der Waals surface area (Å²) >= 11 is 0. The van der Waals surface area contributed by atoms with Crippen LogP contribution in [0.1, 0.15) is 5.82 Å². The monoisotopic (exact) mass is 194 g/mol. The van der Waals surface area contributed by atoms with Crippen LogP contribution in [-0.4, -0.2) is 41.9 Å². The second-order valence-electron chi connectivity index (χ2n) is 2.74. The van der Waals surface area contributed by atoms with Crippen molar-refractivity contribution >= 4 is 5.95 Å². The molecular weight excluding hydrogens is 184 g/mol. The molecule has 14 heavy (non-hydrogen) atoms. The fourth-order valence-electron chi connectivity index (χ4n) is 1.02. The minimum Gasteiger partial charge on any atom is -0.353 e. The van der Waals surface area contributed by atoms with Crippen molar-refractivity contribution in [2.24, 2.45) is 7.05 Å². The molecular formula is C6H10N8. The van der Waals surface area contributed by atoms with Gasteiger partial charge in [0.25, 0.3) is 0 Å². The lowest BCUT2D eigenvalue weighted by atomic mass is 10.4. The van der Waals surface area contributed by atoms with Crippen molar-refractivity contribution in [1.29, 1.82) is 0 Å². The van der Waals surface area contributed by atoms with Crippen molar-refractivity contribution in [1.82, 2.24) is 35.4 Å².